The number of halogens is 2. The van der Waals surface area contributed by atoms with Crippen LogP contribution in [0.2, 0.25) is 0 Å². The number of methoxy groups -OCH3 is 1. The van der Waals surface area contributed by atoms with Gasteiger partial charge in [0.2, 0.25) is 5.82 Å². The van der Waals surface area contributed by atoms with Crippen molar-refractivity contribution in [2.24, 2.45) is 0 Å². The molecule has 0 aliphatic carbocycles. The summed E-state index contributed by atoms with van der Waals surface area (Å²) < 4.78 is 49.0. The third-order valence-electron chi connectivity index (χ3n) is 4.60. The van der Waals surface area contributed by atoms with Crippen molar-refractivity contribution in [2.75, 3.05) is 7.11 Å². The van der Waals surface area contributed by atoms with Crippen LogP contribution in [0.4, 0.5) is 8.78 Å². The summed E-state index contributed by atoms with van der Waals surface area (Å²) in [6.45, 7) is 4.90. The minimum atomic E-state index is -1.16. The Balaban J connectivity index is 1.71. The second-order valence-electron chi connectivity index (χ2n) is 7.04. The van der Waals surface area contributed by atoms with Crippen molar-refractivity contribution in [1.29, 1.82) is 0 Å². The molecule has 0 heterocycles. The first-order valence-corrected chi connectivity index (χ1v) is 10.1. The molecular weight excluding hydrogens is 442 g/mol. The zero-order chi connectivity index (χ0) is 24.5. The predicted molar refractivity (Wildman–Crippen MR) is 125 cm³/mol. The molecule has 0 unspecified atom stereocenters. The maximum absolute atomic E-state index is 14.7. The molecule has 0 N–H and O–H groups in total. The fourth-order valence-corrected chi connectivity index (χ4v) is 2.87. The second kappa shape index (κ2) is 11.5. The van der Waals surface area contributed by atoms with Crippen LogP contribution in [0.1, 0.15) is 6.92 Å². The fraction of sp³-hybridized carbons (Fsp3) is 0.0741. The number of hydrogen-bond donors (Lipinski definition) is 0. The van der Waals surface area contributed by atoms with Gasteiger partial charge >= 0.3 is 5.97 Å². The van der Waals surface area contributed by atoms with Crippen molar-refractivity contribution in [3.8, 4) is 33.8 Å². The number of carbonyl (C=O) groups excluding carboxylic acids is 1. The molecule has 3 aromatic rings. The molecule has 3 aromatic carbocycles. The van der Waals surface area contributed by atoms with Crippen molar-refractivity contribution in [1.82, 2.24) is 0 Å². The molecule has 0 spiro atoms. The van der Waals surface area contributed by atoms with E-state index in [1.54, 1.807) is 12.1 Å². The van der Waals surface area contributed by atoms with Gasteiger partial charge in [-0.3, -0.25) is 0 Å². The summed E-state index contributed by atoms with van der Waals surface area (Å²) >= 11 is 0. The molecule has 174 valence electrons. The molecule has 0 radical (unpaired) electrons. The third kappa shape index (κ3) is 6.10. The highest BCUT2D eigenvalue weighted by Gasteiger charge is 2.16. The summed E-state index contributed by atoms with van der Waals surface area (Å²) in [5.74, 6) is -2.56. The smallest absolute Gasteiger partial charge is 0.338 e. The van der Waals surface area contributed by atoms with Gasteiger partial charge in [0.05, 0.1) is 7.11 Å². The lowest BCUT2D eigenvalue weighted by molar-refractivity contribution is -0.133. The summed E-state index contributed by atoms with van der Waals surface area (Å²) in [5, 5.41) is 0. The molecule has 0 fully saturated rings. The maximum atomic E-state index is 14.7. The van der Waals surface area contributed by atoms with E-state index < -0.39 is 17.6 Å². The van der Waals surface area contributed by atoms with Gasteiger partial charge < -0.3 is 18.9 Å². The van der Waals surface area contributed by atoms with Crippen LogP contribution < -0.4 is 9.47 Å². The third-order valence-corrected chi connectivity index (χ3v) is 4.60. The normalized spacial score (nSPS) is 10.9. The lowest BCUT2D eigenvalue weighted by atomic mass is 9.99. The Bertz CT molecular complexity index is 1210. The SMILES string of the molecule is C=C(C)C(=O)O/C=C\Oc1ccc(-c2ccc(-c3ccc(O/C=C\OC)cc3)cc2)c(F)c1F. The van der Waals surface area contributed by atoms with Gasteiger partial charge in [-0.15, -0.1) is 0 Å². The Morgan fingerprint density at radius 1 is 0.765 bits per heavy atom. The van der Waals surface area contributed by atoms with Crippen LogP contribution in [0, 0.1) is 11.6 Å². The summed E-state index contributed by atoms with van der Waals surface area (Å²) in [6, 6.07) is 17.1. The topological polar surface area (TPSA) is 54.0 Å². The van der Waals surface area contributed by atoms with E-state index in [1.165, 1.54) is 38.7 Å². The van der Waals surface area contributed by atoms with Gasteiger partial charge in [-0.1, -0.05) is 43.0 Å². The average Bonchev–Trinajstić information content (AvgIpc) is 2.85. The lowest BCUT2D eigenvalue weighted by Crippen LogP contribution is -2.00. The Morgan fingerprint density at radius 3 is 1.97 bits per heavy atom. The van der Waals surface area contributed by atoms with E-state index in [0.29, 0.717) is 11.3 Å². The largest absolute Gasteiger partial charge is 0.501 e. The van der Waals surface area contributed by atoms with Crippen molar-refractivity contribution in [3.05, 3.63) is 109 Å². The van der Waals surface area contributed by atoms with Gasteiger partial charge in [0.1, 0.15) is 30.8 Å². The van der Waals surface area contributed by atoms with Crippen molar-refractivity contribution < 1.29 is 32.5 Å². The van der Waals surface area contributed by atoms with Crippen LogP contribution >= 0.6 is 0 Å². The van der Waals surface area contributed by atoms with Crippen molar-refractivity contribution in [2.45, 2.75) is 6.92 Å². The minimum absolute atomic E-state index is 0.0859. The van der Waals surface area contributed by atoms with Gasteiger partial charge in [0.15, 0.2) is 11.6 Å². The molecule has 0 aliphatic heterocycles. The molecule has 0 atom stereocenters. The molecule has 0 bridgehead atoms. The van der Waals surface area contributed by atoms with E-state index in [-0.39, 0.29) is 16.9 Å². The molecule has 7 heteroatoms. The standard InChI is InChI=1S/C27H22F2O5/c1-18(2)27(30)34-17-16-33-24-13-12-23(25(28)26(24)29)21-6-4-19(5-7-21)20-8-10-22(11-9-20)32-15-14-31-3/h4-17H,1H2,2-3H3/b15-14-,17-16-. The quantitative estimate of drug-likeness (QED) is 0.199. The Hall–Kier alpha value is -4.39. The van der Waals surface area contributed by atoms with Crippen molar-refractivity contribution >= 4 is 5.97 Å². The highest BCUT2D eigenvalue weighted by atomic mass is 19.2. The molecule has 0 aliphatic rings. The first-order chi connectivity index (χ1) is 16.4. The molecule has 34 heavy (non-hydrogen) atoms. The summed E-state index contributed by atoms with van der Waals surface area (Å²) in [4.78, 5) is 11.3. The molecule has 0 saturated heterocycles. The van der Waals surface area contributed by atoms with E-state index in [9.17, 15) is 13.6 Å². The van der Waals surface area contributed by atoms with Crippen molar-refractivity contribution in [3.63, 3.8) is 0 Å². The number of benzene rings is 3. The summed E-state index contributed by atoms with van der Waals surface area (Å²) in [6.07, 6.45) is 4.72. The van der Waals surface area contributed by atoms with Crippen LogP contribution in [0.3, 0.4) is 0 Å². The van der Waals surface area contributed by atoms with Gasteiger partial charge in [-0.25, -0.2) is 9.18 Å². The van der Waals surface area contributed by atoms with Crippen LogP contribution in [-0.2, 0) is 14.3 Å². The highest BCUT2D eigenvalue weighted by Crippen LogP contribution is 2.32. The van der Waals surface area contributed by atoms with Crippen LogP contribution in [0.25, 0.3) is 22.3 Å². The maximum Gasteiger partial charge on any atom is 0.338 e. The fourth-order valence-electron chi connectivity index (χ4n) is 2.87. The van der Waals surface area contributed by atoms with Gasteiger partial charge in [-0.2, -0.15) is 4.39 Å². The minimum Gasteiger partial charge on any atom is -0.501 e. The number of esters is 1. The monoisotopic (exact) mass is 464 g/mol. The first kappa shape index (κ1) is 24.3. The number of carbonyl (C=O) groups is 1. The predicted octanol–water partition coefficient (Wildman–Crippen LogP) is 6.76. The Morgan fingerprint density at radius 2 is 1.35 bits per heavy atom. The molecular formula is C27H22F2O5. The van der Waals surface area contributed by atoms with Crippen LogP contribution in [0.5, 0.6) is 11.5 Å². The van der Waals surface area contributed by atoms with E-state index in [4.69, 9.17) is 14.2 Å². The molecule has 0 aromatic heterocycles. The van der Waals surface area contributed by atoms with E-state index in [0.717, 1.165) is 23.7 Å². The number of ether oxygens (including phenoxy) is 4. The Kier molecular flexibility index (Phi) is 8.18. The number of hydrogen-bond acceptors (Lipinski definition) is 5. The molecule has 0 saturated carbocycles. The zero-order valence-electron chi connectivity index (χ0n) is 18.6. The lowest BCUT2D eigenvalue weighted by Gasteiger charge is -2.09. The second-order valence-corrected chi connectivity index (χ2v) is 7.04. The van der Waals surface area contributed by atoms with E-state index >= 15 is 0 Å². The highest BCUT2D eigenvalue weighted by molar-refractivity contribution is 5.87. The average molecular weight is 464 g/mol. The molecule has 5 nitrogen and oxygen atoms in total. The van der Waals surface area contributed by atoms with E-state index in [2.05, 4.69) is 11.3 Å². The molecule has 0 amide bonds. The summed E-state index contributed by atoms with van der Waals surface area (Å²) in [5.41, 5.74) is 2.62. The van der Waals surface area contributed by atoms with Crippen LogP contribution in [0.15, 0.2) is 97.9 Å². The number of rotatable bonds is 9. The zero-order valence-corrected chi connectivity index (χ0v) is 18.6. The van der Waals surface area contributed by atoms with Gasteiger partial charge in [0.25, 0.3) is 0 Å². The summed E-state index contributed by atoms with van der Waals surface area (Å²) in [7, 11) is 1.53. The first-order valence-electron chi connectivity index (χ1n) is 10.1. The Labute approximate surface area is 196 Å². The van der Waals surface area contributed by atoms with Gasteiger partial charge in [-0.05, 0) is 47.9 Å². The molecule has 3 rings (SSSR count). The van der Waals surface area contributed by atoms with Crippen LogP contribution in [-0.4, -0.2) is 13.1 Å². The van der Waals surface area contributed by atoms with E-state index in [1.807, 2.05) is 36.4 Å². The van der Waals surface area contributed by atoms with Gasteiger partial charge in [0, 0.05) is 11.1 Å².